The molecule has 0 saturated carbocycles. The Morgan fingerprint density at radius 3 is 1.94 bits per heavy atom. The normalized spacial score (nSPS) is 9.06. The molecule has 0 aliphatic rings. The van der Waals surface area contributed by atoms with Gasteiger partial charge < -0.3 is 17.6 Å². The van der Waals surface area contributed by atoms with Crippen LogP contribution in [0.15, 0.2) is 30.3 Å². The van der Waals surface area contributed by atoms with E-state index in [1.165, 1.54) is 44.5 Å². The van der Waals surface area contributed by atoms with E-state index in [2.05, 4.69) is 24.5 Å². The third-order valence-electron chi connectivity index (χ3n) is 3.15. The van der Waals surface area contributed by atoms with E-state index in [1.807, 2.05) is 0 Å². The first-order valence-corrected chi connectivity index (χ1v) is 9.82. The summed E-state index contributed by atoms with van der Waals surface area (Å²) in [5.41, 5.74) is -0.159. The second-order valence-corrected chi connectivity index (χ2v) is 6.62. The molecule has 0 heterocycles. The topological polar surface area (TPSA) is 75.3 Å². The molecule has 2 aromatic carbocycles. The van der Waals surface area contributed by atoms with Crippen molar-refractivity contribution in [1.29, 1.82) is 0 Å². The van der Waals surface area contributed by atoms with Gasteiger partial charge in [-0.2, -0.15) is 6.42 Å². The summed E-state index contributed by atoms with van der Waals surface area (Å²) in [6.07, 6.45) is 2.59. The van der Waals surface area contributed by atoms with E-state index in [-0.39, 0.29) is 46.7 Å². The van der Waals surface area contributed by atoms with Gasteiger partial charge in [-0.25, -0.2) is 8.78 Å². The van der Waals surface area contributed by atoms with Crippen molar-refractivity contribution < 1.29 is 47.8 Å². The Labute approximate surface area is 216 Å². The van der Waals surface area contributed by atoms with Crippen LogP contribution in [0.3, 0.4) is 0 Å². The molecule has 0 radical (unpaired) electrons. The summed E-state index contributed by atoms with van der Waals surface area (Å²) >= 11 is 11.1. The molecule has 2 aromatic rings. The van der Waals surface area contributed by atoms with Gasteiger partial charge in [-0.05, 0) is 30.3 Å². The summed E-state index contributed by atoms with van der Waals surface area (Å²) < 4.78 is 41.8. The minimum absolute atomic E-state index is 0. The molecule has 0 atom stereocenters. The van der Waals surface area contributed by atoms with E-state index in [0.717, 1.165) is 12.5 Å². The molecule has 2 N–H and O–H groups in total. The second-order valence-electron chi connectivity index (χ2n) is 5.78. The van der Waals surface area contributed by atoms with Crippen molar-refractivity contribution in [2.75, 3.05) is 17.8 Å². The summed E-state index contributed by atoms with van der Waals surface area (Å²) in [5.74, 6) is -2.07. The van der Waals surface area contributed by atoms with Crippen LogP contribution in [0.25, 0.3) is 0 Å². The average molecular weight is 502 g/mol. The van der Waals surface area contributed by atoms with Gasteiger partial charge in [0.2, 0.25) is 11.8 Å². The van der Waals surface area contributed by atoms with Gasteiger partial charge in [0.25, 0.3) is 0 Å². The molecule has 0 aliphatic heterocycles. The summed E-state index contributed by atoms with van der Waals surface area (Å²) in [5, 5.41) is 4.90. The van der Waals surface area contributed by atoms with Crippen molar-refractivity contribution in [3.63, 3.8) is 0 Å². The van der Waals surface area contributed by atoms with Gasteiger partial charge in [-0.1, -0.05) is 36.5 Å². The number of hydrogen-bond donors (Lipinski definition) is 2. The first-order chi connectivity index (χ1) is 15.5. The molecule has 0 spiro atoms. The Hall–Kier alpha value is -1.98. The molecule has 0 aromatic heterocycles. The zero-order chi connectivity index (χ0) is 26.0. The van der Waals surface area contributed by atoms with Gasteiger partial charge >= 0.3 is 18.9 Å². The van der Waals surface area contributed by atoms with Crippen LogP contribution in [-0.4, -0.2) is 25.3 Å². The predicted molar refractivity (Wildman–Crippen MR) is 124 cm³/mol. The van der Waals surface area contributed by atoms with Gasteiger partial charge in [0.05, 0.1) is 30.5 Å². The number of halogens is 5. The predicted octanol–water partition coefficient (Wildman–Crippen LogP) is 3.90. The number of rotatable bonds is 4. The van der Waals surface area contributed by atoms with Crippen LogP contribution >= 0.6 is 23.2 Å². The second kappa shape index (κ2) is 20.6. The van der Waals surface area contributed by atoms with Crippen LogP contribution < -0.4 is 29.5 Å². The molecule has 2 amide bonds. The fraction of sp³-hybridized carbons (Fsp3) is 0.273. The molecular weight excluding hydrogens is 475 g/mol. The largest absolute Gasteiger partial charge is 1.00 e. The minimum Gasteiger partial charge on any atom is -0.343 e. The number of unbranched alkanes of at least 4 members (excludes halogenated alkanes) is 1. The van der Waals surface area contributed by atoms with E-state index in [0.29, 0.717) is 11.3 Å². The Kier molecular flexibility index (Phi) is 20.7. The van der Waals surface area contributed by atoms with Crippen molar-refractivity contribution in [3.05, 3.63) is 64.5 Å². The molecule has 178 valence electrons. The maximum absolute atomic E-state index is 13.4. The number of benzene rings is 2. The van der Waals surface area contributed by atoms with E-state index in [4.69, 9.17) is 24.6 Å². The van der Waals surface area contributed by atoms with Gasteiger partial charge in [0.15, 0.2) is 12.1 Å². The van der Waals surface area contributed by atoms with Crippen molar-refractivity contribution >= 4 is 52.7 Å². The first kappa shape index (κ1) is 33.2. The fourth-order valence-electron chi connectivity index (χ4n) is 1.74. The molecule has 0 unspecified atom stereocenters. The number of carbonyl (C=O) groups excluding carboxylic acids is 3. The Morgan fingerprint density at radius 2 is 1.55 bits per heavy atom. The molecule has 0 fully saturated rings. The molecule has 0 aliphatic carbocycles. The number of nitrogens with one attached hydrogen (secondary N) is 2. The fourth-order valence-corrected chi connectivity index (χ4v) is 2.09. The Morgan fingerprint density at radius 1 is 1.09 bits per heavy atom. The van der Waals surface area contributed by atoms with Crippen molar-refractivity contribution in [2.45, 2.75) is 33.6 Å². The number of amides is 2. The summed E-state index contributed by atoms with van der Waals surface area (Å²) in [7, 11) is -1.00. The Balaban J connectivity index is -0.000000437. The van der Waals surface area contributed by atoms with Crippen molar-refractivity contribution in [1.82, 2.24) is 0 Å². The molecule has 11 heteroatoms. The van der Waals surface area contributed by atoms with Crippen LogP contribution in [0.1, 0.15) is 45.3 Å². The number of hydrogen-bond acceptors (Lipinski definition) is 3. The molecule has 2 rings (SSSR count). The third-order valence-corrected chi connectivity index (χ3v) is 3.72. The zero-order valence-electron chi connectivity index (χ0n) is 19.9. The maximum Gasteiger partial charge on any atom is 1.00 e. The SMILES string of the molecule is CC(=O)Nc1ccc(Cl)c(C=O)c1F.CC(=O)Nc1ccc(Cl)cc1F.[2H]CF.[CH2-]CCC.[Li+]. The molecule has 33 heavy (non-hydrogen) atoms. The molecule has 0 saturated heterocycles. The van der Waals surface area contributed by atoms with Gasteiger partial charge in [-0.3, -0.25) is 18.8 Å². The van der Waals surface area contributed by atoms with Gasteiger partial charge in [0.1, 0.15) is 5.82 Å². The van der Waals surface area contributed by atoms with Crippen molar-refractivity contribution in [3.8, 4) is 0 Å². The number of carbonyl (C=O) groups is 3. The Bertz CT molecular complexity index is 908. The number of alkyl halides is 1. The van der Waals surface area contributed by atoms with E-state index >= 15 is 0 Å². The maximum atomic E-state index is 13.4. The molecule has 5 nitrogen and oxygen atoms in total. The number of anilines is 2. The van der Waals surface area contributed by atoms with Crippen LogP contribution in [0.4, 0.5) is 24.5 Å². The standard InChI is InChI=1S/C9H7ClFNO2.C8H7ClFNO.C4H9.CH3F.Li/c1-5(14)12-8-3-2-7(10)6(4-13)9(8)11;1-5(12)11-8-3-2-6(9)4-7(8)10;1-3-4-2;1-2;/h2-4H,1H3,(H,12,14);2-4H,1H3,(H,11,12);1,3-4H2,2H3;1H3;/q;;-1;;+1/i;;;1D;. The van der Waals surface area contributed by atoms with Crippen molar-refractivity contribution in [2.24, 2.45) is 0 Å². The zero-order valence-corrected chi connectivity index (χ0v) is 20.4. The van der Waals surface area contributed by atoms with Gasteiger partial charge in [-0.15, -0.1) is 0 Å². The van der Waals surface area contributed by atoms with Crippen LogP contribution in [-0.2, 0) is 9.59 Å². The van der Waals surface area contributed by atoms with Crippen LogP contribution in [0, 0.1) is 18.6 Å². The quantitative estimate of drug-likeness (QED) is 0.379. The third kappa shape index (κ3) is 15.5. The average Bonchev–Trinajstić information content (AvgIpc) is 2.73. The summed E-state index contributed by atoms with van der Waals surface area (Å²) in [6, 6.07) is 6.72. The van der Waals surface area contributed by atoms with E-state index < -0.39 is 24.7 Å². The van der Waals surface area contributed by atoms with Gasteiger partial charge in [0, 0.05) is 18.9 Å². The number of aldehydes is 1. The summed E-state index contributed by atoms with van der Waals surface area (Å²) in [6.45, 7) is 8.28. The van der Waals surface area contributed by atoms with Crippen LogP contribution in [0.5, 0.6) is 0 Å². The monoisotopic (exact) mass is 501 g/mol. The molecular formula is C22H26Cl2F3LiN2O3. The molecule has 0 bridgehead atoms. The summed E-state index contributed by atoms with van der Waals surface area (Å²) in [4.78, 5) is 31.6. The van der Waals surface area contributed by atoms with Crippen LogP contribution in [0.2, 0.25) is 10.0 Å². The van der Waals surface area contributed by atoms with E-state index in [1.54, 1.807) is 0 Å². The minimum atomic E-state index is -1.00. The smallest absolute Gasteiger partial charge is 0.343 e. The first-order valence-electron chi connectivity index (χ1n) is 9.77. The van der Waals surface area contributed by atoms with E-state index in [9.17, 15) is 27.6 Å².